The van der Waals surface area contributed by atoms with E-state index in [9.17, 15) is 0 Å². The molecule has 1 atom stereocenters. The standard InChI is InChI=1S/C13H23N3S/c1-4-16(5-2)13-15-12-10(9-14-3)7-6-8-11(12)17-13/h10,14H,4-9H2,1-3H3. The van der Waals surface area contributed by atoms with E-state index in [1.54, 1.807) is 0 Å². The fourth-order valence-electron chi connectivity index (χ4n) is 2.57. The van der Waals surface area contributed by atoms with Crippen LogP contribution in [0.1, 0.15) is 43.2 Å². The van der Waals surface area contributed by atoms with Gasteiger partial charge in [-0.1, -0.05) is 0 Å². The zero-order chi connectivity index (χ0) is 12.3. The van der Waals surface area contributed by atoms with Crippen LogP contribution in [0.4, 0.5) is 5.13 Å². The van der Waals surface area contributed by atoms with E-state index in [4.69, 9.17) is 4.98 Å². The maximum absolute atomic E-state index is 4.90. The molecule has 0 aromatic carbocycles. The zero-order valence-electron chi connectivity index (χ0n) is 11.1. The predicted octanol–water partition coefficient (Wildman–Crippen LogP) is 2.63. The molecule has 0 bridgehead atoms. The minimum Gasteiger partial charge on any atom is -0.349 e. The number of hydrogen-bond acceptors (Lipinski definition) is 4. The van der Waals surface area contributed by atoms with E-state index < -0.39 is 0 Å². The van der Waals surface area contributed by atoms with E-state index in [1.807, 2.05) is 18.4 Å². The lowest BCUT2D eigenvalue weighted by atomic mass is 9.91. The molecule has 1 aromatic heterocycles. The van der Waals surface area contributed by atoms with Crippen LogP contribution in [0, 0.1) is 0 Å². The normalized spacial score (nSPS) is 19.1. The number of nitrogens with zero attached hydrogens (tertiary/aromatic N) is 2. The lowest BCUT2D eigenvalue weighted by Gasteiger charge is -2.20. The molecule has 2 rings (SSSR count). The van der Waals surface area contributed by atoms with E-state index in [0.717, 1.165) is 19.6 Å². The highest BCUT2D eigenvalue weighted by molar-refractivity contribution is 7.15. The number of likely N-dealkylation sites (N-methyl/N-ethyl adjacent to an activating group) is 1. The maximum Gasteiger partial charge on any atom is 0.185 e. The summed E-state index contributed by atoms with van der Waals surface area (Å²) in [6.45, 7) is 7.58. The summed E-state index contributed by atoms with van der Waals surface area (Å²) in [6, 6.07) is 0. The Labute approximate surface area is 108 Å². The molecular formula is C13H23N3S. The topological polar surface area (TPSA) is 28.2 Å². The van der Waals surface area contributed by atoms with Crippen LogP contribution in [0.25, 0.3) is 0 Å². The summed E-state index contributed by atoms with van der Waals surface area (Å²) in [7, 11) is 2.03. The molecule has 0 saturated carbocycles. The molecule has 0 radical (unpaired) electrons. The molecular weight excluding hydrogens is 230 g/mol. The van der Waals surface area contributed by atoms with Gasteiger partial charge < -0.3 is 10.2 Å². The molecule has 0 fully saturated rings. The second-order valence-corrected chi connectivity index (χ2v) is 5.69. The van der Waals surface area contributed by atoms with Gasteiger partial charge in [-0.25, -0.2) is 4.98 Å². The molecule has 0 amide bonds. The summed E-state index contributed by atoms with van der Waals surface area (Å²) in [5, 5.41) is 4.52. The van der Waals surface area contributed by atoms with E-state index in [1.165, 1.54) is 35.0 Å². The smallest absolute Gasteiger partial charge is 0.185 e. The van der Waals surface area contributed by atoms with Crippen LogP contribution >= 0.6 is 11.3 Å². The number of aryl methyl sites for hydroxylation is 1. The van der Waals surface area contributed by atoms with Crippen molar-refractivity contribution < 1.29 is 0 Å². The number of fused-ring (bicyclic) bond motifs is 1. The van der Waals surface area contributed by atoms with Crippen molar-refractivity contribution in [1.82, 2.24) is 10.3 Å². The van der Waals surface area contributed by atoms with Gasteiger partial charge in [0, 0.05) is 30.4 Å². The van der Waals surface area contributed by atoms with Gasteiger partial charge in [0.2, 0.25) is 0 Å². The first-order valence-electron chi connectivity index (χ1n) is 6.69. The number of nitrogens with one attached hydrogen (secondary N) is 1. The highest BCUT2D eigenvalue weighted by Crippen LogP contribution is 2.37. The third kappa shape index (κ3) is 2.63. The second-order valence-electron chi connectivity index (χ2n) is 4.62. The Morgan fingerprint density at radius 2 is 2.18 bits per heavy atom. The molecule has 1 N–H and O–H groups in total. The Morgan fingerprint density at radius 3 is 2.82 bits per heavy atom. The molecule has 17 heavy (non-hydrogen) atoms. The second kappa shape index (κ2) is 5.83. The van der Waals surface area contributed by atoms with Crippen molar-refractivity contribution in [3.8, 4) is 0 Å². The Kier molecular flexibility index (Phi) is 4.40. The van der Waals surface area contributed by atoms with Gasteiger partial charge in [0.05, 0.1) is 5.69 Å². The van der Waals surface area contributed by atoms with Crippen molar-refractivity contribution in [3.05, 3.63) is 10.6 Å². The highest BCUT2D eigenvalue weighted by Gasteiger charge is 2.25. The van der Waals surface area contributed by atoms with Gasteiger partial charge in [0.15, 0.2) is 5.13 Å². The molecule has 0 spiro atoms. The number of thiazole rings is 1. The SMILES string of the molecule is CCN(CC)c1nc2c(s1)CCCC2CNC. The molecule has 0 saturated heterocycles. The summed E-state index contributed by atoms with van der Waals surface area (Å²) in [5.74, 6) is 0.629. The Morgan fingerprint density at radius 1 is 1.41 bits per heavy atom. The number of anilines is 1. The quantitative estimate of drug-likeness (QED) is 0.874. The summed E-state index contributed by atoms with van der Waals surface area (Å²) in [5.41, 5.74) is 1.37. The number of rotatable bonds is 5. The van der Waals surface area contributed by atoms with Gasteiger partial charge in [-0.15, -0.1) is 11.3 Å². The highest BCUT2D eigenvalue weighted by atomic mass is 32.1. The molecule has 0 aliphatic heterocycles. The number of aromatic nitrogens is 1. The lowest BCUT2D eigenvalue weighted by molar-refractivity contribution is 0.522. The van der Waals surface area contributed by atoms with E-state index in [0.29, 0.717) is 5.92 Å². The first-order valence-corrected chi connectivity index (χ1v) is 7.50. The molecule has 4 heteroatoms. The zero-order valence-corrected chi connectivity index (χ0v) is 11.9. The monoisotopic (exact) mass is 253 g/mol. The minimum absolute atomic E-state index is 0.629. The molecule has 1 aromatic rings. The Hall–Kier alpha value is -0.610. The molecule has 1 unspecified atom stereocenters. The van der Waals surface area contributed by atoms with Gasteiger partial charge in [-0.3, -0.25) is 0 Å². The van der Waals surface area contributed by atoms with Gasteiger partial charge in [0.1, 0.15) is 0 Å². The van der Waals surface area contributed by atoms with E-state index in [2.05, 4.69) is 24.1 Å². The first kappa shape index (κ1) is 12.8. The van der Waals surface area contributed by atoms with Gasteiger partial charge in [-0.2, -0.15) is 0 Å². The predicted molar refractivity (Wildman–Crippen MR) is 75.3 cm³/mol. The lowest BCUT2D eigenvalue weighted by Crippen LogP contribution is -2.23. The van der Waals surface area contributed by atoms with Crippen molar-refractivity contribution in [2.24, 2.45) is 0 Å². The largest absolute Gasteiger partial charge is 0.349 e. The van der Waals surface area contributed by atoms with Crippen LogP contribution in [0.3, 0.4) is 0 Å². The van der Waals surface area contributed by atoms with Crippen LogP contribution in [0.2, 0.25) is 0 Å². The summed E-state index contributed by atoms with van der Waals surface area (Å²) < 4.78 is 0. The summed E-state index contributed by atoms with van der Waals surface area (Å²) in [6.07, 6.45) is 3.84. The van der Waals surface area contributed by atoms with Gasteiger partial charge in [-0.05, 0) is 40.2 Å². The fourth-order valence-corrected chi connectivity index (χ4v) is 3.88. The minimum atomic E-state index is 0.629. The third-order valence-corrected chi connectivity index (χ3v) is 4.74. The molecule has 3 nitrogen and oxygen atoms in total. The Balaban J connectivity index is 2.23. The van der Waals surface area contributed by atoms with Gasteiger partial charge in [0.25, 0.3) is 0 Å². The van der Waals surface area contributed by atoms with Gasteiger partial charge >= 0.3 is 0 Å². The average Bonchev–Trinajstić information content (AvgIpc) is 2.76. The summed E-state index contributed by atoms with van der Waals surface area (Å²) in [4.78, 5) is 8.78. The molecule has 1 heterocycles. The van der Waals surface area contributed by atoms with Crippen molar-refractivity contribution in [3.63, 3.8) is 0 Å². The average molecular weight is 253 g/mol. The van der Waals surface area contributed by atoms with Crippen molar-refractivity contribution in [1.29, 1.82) is 0 Å². The molecule has 1 aliphatic carbocycles. The fraction of sp³-hybridized carbons (Fsp3) is 0.769. The van der Waals surface area contributed by atoms with Crippen LogP contribution < -0.4 is 10.2 Å². The third-order valence-electron chi connectivity index (χ3n) is 3.54. The molecule has 96 valence electrons. The first-order chi connectivity index (χ1) is 8.30. The van der Waals surface area contributed by atoms with Crippen LogP contribution in [0.15, 0.2) is 0 Å². The maximum atomic E-state index is 4.90. The van der Waals surface area contributed by atoms with Crippen molar-refractivity contribution >= 4 is 16.5 Å². The summed E-state index contributed by atoms with van der Waals surface area (Å²) >= 11 is 1.91. The van der Waals surface area contributed by atoms with Crippen LogP contribution in [-0.2, 0) is 6.42 Å². The molecule has 1 aliphatic rings. The number of hydrogen-bond donors (Lipinski definition) is 1. The van der Waals surface area contributed by atoms with Crippen molar-refractivity contribution in [2.45, 2.75) is 39.0 Å². The van der Waals surface area contributed by atoms with Crippen LogP contribution in [0.5, 0.6) is 0 Å². The van der Waals surface area contributed by atoms with E-state index >= 15 is 0 Å². The Bertz CT molecular complexity index is 358. The van der Waals surface area contributed by atoms with E-state index in [-0.39, 0.29) is 0 Å². The van der Waals surface area contributed by atoms with Crippen LogP contribution in [-0.4, -0.2) is 31.7 Å². The van der Waals surface area contributed by atoms with Crippen molar-refractivity contribution in [2.75, 3.05) is 31.6 Å².